The van der Waals surface area contributed by atoms with Gasteiger partial charge in [0.05, 0.1) is 11.9 Å². The van der Waals surface area contributed by atoms with E-state index in [9.17, 15) is 5.11 Å². The molecule has 0 fully saturated rings. The molecule has 4 heteroatoms. The summed E-state index contributed by atoms with van der Waals surface area (Å²) in [6, 6.07) is 17.4. The Bertz CT molecular complexity index is 690. The largest absolute Gasteiger partial charge is 0.504 e. The van der Waals surface area contributed by atoms with Crippen molar-refractivity contribution in [2.24, 2.45) is 0 Å². The summed E-state index contributed by atoms with van der Waals surface area (Å²) in [4.78, 5) is 0. The van der Waals surface area contributed by atoms with Crippen LogP contribution in [0.25, 0.3) is 16.9 Å². The number of aromatic nitrogens is 2. The lowest BCUT2D eigenvalue weighted by molar-refractivity contribution is 0.477. The zero-order valence-corrected chi connectivity index (χ0v) is 11.6. The Morgan fingerprint density at radius 1 is 0.947 bits per heavy atom. The average Bonchev–Trinajstić information content (AvgIpc) is 2.83. The molecule has 19 heavy (non-hydrogen) atoms. The highest BCUT2D eigenvalue weighted by molar-refractivity contribution is 9.10. The van der Waals surface area contributed by atoms with Crippen molar-refractivity contribution in [3.8, 4) is 22.7 Å². The number of hydrogen-bond donors (Lipinski definition) is 1. The SMILES string of the molecule is Oc1cn(-c2ccc(Br)cc2)nc1-c1ccccc1. The van der Waals surface area contributed by atoms with Crippen molar-refractivity contribution in [3.63, 3.8) is 0 Å². The lowest BCUT2D eigenvalue weighted by atomic mass is 10.1. The lowest BCUT2D eigenvalue weighted by Gasteiger charge is -2.00. The zero-order valence-electron chi connectivity index (χ0n) is 9.99. The predicted octanol–water partition coefficient (Wildman–Crippen LogP) is 4.01. The van der Waals surface area contributed by atoms with Crippen LogP contribution < -0.4 is 0 Å². The van der Waals surface area contributed by atoms with E-state index in [0.717, 1.165) is 15.7 Å². The van der Waals surface area contributed by atoms with Crippen LogP contribution in [0.5, 0.6) is 5.75 Å². The first-order valence-corrected chi connectivity index (χ1v) is 6.63. The van der Waals surface area contributed by atoms with E-state index < -0.39 is 0 Å². The first kappa shape index (κ1) is 12.0. The summed E-state index contributed by atoms with van der Waals surface area (Å²) in [6.45, 7) is 0. The Kier molecular flexibility index (Phi) is 3.09. The van der Waals surface area contributed by atoms with Crippen molar-refractivity contribution in [2.75, 3.05) is 0 Å². The third-order valence-corrected chi connectivity index (χ3v) is 3.36. The molecule has 1 heterocycles. The van der Waals surface area contributed by atoms with E-state index >= 15 is 0 Å². The molecule has 0 spiro atoms. The van der Waals surface area contributed by atoms with Crippen molar-refractivity contribution in [1.29, 1.82) is 0 Å². The van der Waals surface area contributed by atoms with Crippen LogP contribution in [0.4, 0.5) is 0 Å². The monoisotopic (exact) mass is 314 g/mol. The second-order valence-electron chi connectivity index (χ2n) is 4.15. The van der Waals surface area contributed by atoms with Gasteiger partial charge in [-0.2, -0.15) is 5.10 Å². The maximum Gasteiger partial charge on any atom is 0.162 e. The minimum Gasteiger partial charge on any atom is -0.504 e. The van der Waals surface area contributed by atoms with Crippen molar-refractivity contribution >= 4 is 15.9 Å². The molecule has 0 unspecified atom stereocenters. The number of rotatable bonds is 2. The normalized spacial score (nSPS) is 10.6. The third-order valence-electron chi connectivity index (χ3n) is 2.83. The van der Waals surface area contributed by atoms with Crippen LogP contribution in [-0.4, -0.2) is 14.9 Å². The summed E-state index contributed by atoms with van der Waals surface area (Å²) in [5, 5.41) is 14.4. The first-order chi connectivity index (χ1) is 9.24. The molecule has 0 radical (unpaired) electrons. The Morgan fingerprint density at radius 2 is 1.63 bits per heavy atom. The minimum absolute atomic E-state index is 0.175. The van der Waals surface area contributed by atoms with Crippen molar-refractivity contribution in [1.82, 2.24) is 9.78 Å². The number of aromatic hydroxyl groups is 1. The smallest absolute Gasteiger partial charge is 0.162 e. The first-order valence-electron chi connectivity index (χ1n) is 5.84. The van der Waals surface area contributed by atoms with E-state index in [0.29, 0.717) is 5.69 Å². The Hall–Kier alpha value is -2.07. The van der Waals surface area contributed by atoms with Crippen LogP contribution in [-0.2, 0) is 0 Å². The van der Waals surface area contributed by atoms with Crippen molar-refractivity contribution < 1.29 is 5.11 Å². The summed E-state index contributed by atoms with van der Waals surface area (Å²) in [6.07, 6.45) is 1.62. The number of halogens is 1. The highest BCUT2D eigenvalue weighted by Gasteiger charge is 2.10. The van der Waals surface area contributed by atoms with Gasteiger partial charge in [0.15, 0.2) is 5.75 Å². The summed E-state index contributed by atoms with van der Waals surface area (Å²) in [5.74, 6) is 0.175. The van der Waals surface area contributed by atoms with Gasteiger partial charge in [-0.05, 0) is 24.3 Å². The maximum absolute atomic E-state index is 10.0. The summed E-state index contributed by atoms with van der Waals surface area (Å²) in [7, 11) is 0. The fraction of sp³-hybridized carbons (Fsp3) is 0. The van der Waals surface area contributed by atoms with Gasteiger partial charge in [-0.25, -0.2) is 4.68 Å². The van der Waals surface area contributed by atoms with Gasteiger partial charge in [-0.3, -0.25) is 0 Å². The van der Waals surface area contributed by atoms with Gasteiger partial charge >= 0.3 is 0 Å². The van der Waals surface area contributed by atoms with E-state index in [-0.39, 0.29) is 5.75 Å². The second-order valence-corrected chi connectivity index (χ2v) is 5.07. The van der Waals surface area contributed by atoms with Crippen LogP contribution in [0.1, 0.15) is 0 Å². The number of nitrogens with zero attached hydrogens (tertiary/aromatic N) is 2. The van der Waals surface area contributed by atoms with Gasteiger partial charge in [0.1, 0.15) is 5.69 Å². The Morgan fingerprint density at radius 3 is 2.32 bits per heavy atom. The van der Waals surface area contributed by atoms with Crippen LogP contribution in [0.2, 0.25) is 0 Å². The molecule has 3 rings (SSSR count). The Balaban J connectivity index is 2.04. The van der Waals surface area contributed by atoms with E-state index in [1.807, 2.05) is 54.6 Å². The van der Waals surface area contributed by atoms with Gasteiger partial charge in [-0.15, -0.1) is 0 Å². The molecular weight excluding hydrogens is 304 g/mol. The molecule has 1 N–H and O–H groups in total. The molecule has 94 valence electrons. The Labute approximate surface area is 119 Å². The topological polar surface area (TPSA) is 38.0 Å². The fourth-order valence-electron chi connectivity index (χ4n) is 1.89. The van der Waals surface area contributed by atoms with Gasteiger partial charge in [0.2, 0.25) is 0 Å². The van der Waals surface area contributed by atoms with Crippen LogP contribution in [0.3, 0.4) is 0 Å². The van der Waals surface area contributed by atoms with Gasteiger partial charge < -0.3 is 5.11 Å². The molecular formula is C15H11BrN2O. The van der Waals surface area contributed by atoms with Gasteiger partial charge in [0, 0.05) is 10.0 Å². The average molecular weight is 315 g/mol. The standard InChI is InChI=1S/C15H11BrN2O/c16-12-6-8-13(9-7-12)18-10-14(19)15(17-18)11-4-2-1-3-5-11/h1-10,19H. The zero-order chi connectivity index (χ0) is 13.2. The number of hydrogen-bond acceptors (Lipinski definition) is 2. The molecule has 0 aliphatic carbocycles. The second kappa shape index (κ2) is 4.90. The third kappa shape index (κ3) is 2.39. The van der Waals surface area contributed by atoms with Crippen molar-refractivity contribution in [3.05, 3.63) is 65.3 Å². The molecule has 1 aromatic heterocycles. The van der Waals surface area contributed by atoms with Gasteiger partial charge in [0.25, 0.3) is 0 Å². The summed E-state index contributed by atoms with van der Waals surface area (Å²) >= 11 is 3.40. The van der Waals surface area contributed by atoms with Crippen molar-refractivity contribution in [2.45, 2.75) is 0 Å². The molecule has 0 bridgehead atoms. The maximum atomic E-state index is 10.0. The molecule has 0 aliphatic heterocycles. The molecule has 0 saturated carbocycles. The van der Waals surface area contributed by atoms with Crippen LogP contribution in [0, 0.1) is 0 Å². The lowest BCUT2D eigenvalue weighted by Crippen LogP contribution is -1.94. The molecule has 0 amide bonds. The molecule has 0 aliphatic rings. The predicted molar refractivity (Wildman–Crippen MR) is 78.4 cm³/mol. The summed E-state index contributed by atoms with van der Waals surface area (Å²) < 4.78 is 2.68. The molecule has 0 atom stereocenters. The molecule has 3 nitrogen and oxygen atoms in total. The van der Waals surface area contributed by atoms with E-state index in [2.05, 4.69) is 21.0 Å². The minimum atomic E-state index is 0.175. The highest BCUT2D eigenvalue weighted by atomic mass is 79.9. The van der Waals surface area contributed by atoms with E-state index in [4.69, 9.17) is 0 Å². The molecule has 0 saturated heterocycles. The fourth-order valence-corrected chi connectivity index (χ4v) is 2.16. The van der Waals surface area contributed by atoms with Crippen LogP contribution >= 0.6 is 15.9 Å². The number of benzene rings is 2. The summed E-state index contributed by atoms with van der Waals surface area (Å²) in [5.41, 5.74) is 2.39. The van der Waals surface area contributed by atoms with Crippen LogP contribution in [0.15, 0.2) is 65.3 Å². The molecule has 2 aromatic carbocycles. The highest BCUT2D eigenvalue weighted by Crippen LogP contribution is 2.28. The van der Waals surface area contributed by atoms with E-state index in [1.165, 1.54) is 0 Å². The van der Waals surface area contributed by atoms with E-state index in [1.54, 1.807) is 10.9 Å². The quantitative estimate of drug-likeness (QED) is 0.776. The molecule has 3 aromatic rings. The van der Waals surface area contributed by atoms with Gasteiger partial charge in [-0.1, -0.05) is 46.3 Å².